The lowest BCUT2D eigenvalue weighted by Crippen LogP contribution is -2.08. The van der Waals surface area contributed by atoms with Crippen molar-refractivity contribution in [1.29, 1.82) is 0 Å². The van der Waals surface area contributed by atoms with Crippen molar-refractivity contribution >= 4 is 15.9 Å². The highest BCUT2D eigenvalue weighted by atomic mass is 79.9. The molecule has 5 heteroatoms. The van der Waals surface area contributed by atoms with E-state index in [1.807, 2.05) is 38.1 Å². The van der Waals surface area contributed by atoms with Gasteiger partial charge in [0.1, 0.15) is 23.8 Å². The number of halogens is 1. The van der Waals surface area contributed by atoms with Crippen molar-refractivity contribution in [2.75, 3.05) is 0 Å². The Morgan fingerprint density at radius 2 is 2.22 bits per heavy atom. The van der Waals surface area contributed by atoms with Crippen LogP contribution < -0.4 is 10.5 Å². The van der Waals surface area contributed by atoms with E-state index in [0.29, 0.717) is 6.61 Å². The van der Waals surface area contributed by atoms with E-state index < -0.39 is 0 Å². The molecule has 2 rings (SSSR count). The molecule has 0 amide bonds. The number of ether oxygens (including phenoxy) is 1. The molecule has 2 aromatic rings. The van der Waals surface area contributed by atoms with Gasteiger partial charge in [0.05, 0.1) is 0 Å². The Kier molecular flexibility index (Phi) is 4.04. The molecule has 4 nitrogen and oxygen atoms in total. The first-order valence-electron chi connectivity index (χ1n) is 5.66. The molecule has 0 aliphatic carbocycles. The monoisotopic (exact) mass is 310 g/mol. The van der Waals surface area contributed by atoms with E-state index in [-0.39, 0.29) is 6.04 Å². The summed E-state index contributed by atoms with van der Waals surface area (Å²) in [7, 11) is 0. The summed E-state index contributed by atoms with van der Waals surface area (Å²) in [4.78, 5) is 0. The van der Waals surface area contributed by atoms with Gasteiger partial charge in [-0.1, -0.05) is 27.2 Å². The third-order valence-electron chi connectivity index (χ3n) is 2.52. The van der Waals surface area contributed by atoms with Crippen LogP contribution in [0.2, 0.25) is 0 Å². The average molecular weight is 311 g/mol. The Morgan fingerprint density at radius 3 is 2.83 bits per heavy atom. The molecule has 0 fully saturated rings. The zero-order valence-electron chi connectivity index (χ0n) is 10.3. The summed E-state index contributed by atoms with van der Waals surface area (Å²) in [6.45, 7) is 4.15. The quantitative estimate of drug-likeness (QED) is 0.940. The Bertz CT molecular complexity index is 538. The van der Waals surface area contributed by atoms with E-state index in [1.165, 1.54) is 0 Å². The lowest BCUT2D eigenvalue weighted by molar-refractivity contribution is 0.284. The fraction of sp³-hybridized carbons (Fsp3) is 0.308. The first kappa shape index (κ1) is 13.1. The van der Waals surface area contributed by atoms with Crippen LogP contribution in [0.15, 0.2) is 33.3 Å². The van der Waals surface area contributed by atoms with Gasteiger partial charge in [-0.2, -0.15) is 0 Å². The second-order valence-electron chi connectivity index (χ2n) is 4.19. The van der Waals surface area contributed by atoms with E-state index in [0.717, 1.165) is 27.2 Å². The maximum Gasteiger partial charge on any atom is 0.134 e. The Balaban J connectivity index is 2.15. The molecule has 1 heterocycles. The summed E-state index contributed by atoms with van der Waals surface area (Å²) >= 11 is 3.42. The molecule has 18 heavy (non-hydrogen) atoms. The number of hydrogen-bond acceptors (Lipinski definition) is 4. The molecule has 0 aliphatic rings. The summed E-state index contributed by atoms with van der Waals surface area (Å²) in [6.07, 6.45) is 0. The highest BCUT2D eigenvalue weighted by Crippen LogP contribution is 2.28. The summed E-state index contributed by atoms with van der Waals surface area (Å²) in [6, 6.07) is 7.59. The fourth-order valence-corrected chi connectivity index (χ4v) is 1.99. The number of nitrogens with two attached hydrogens (primary N) is 1. The zero-order chi connectivity index (χ0) is 13.1. The minimum atomic E-state index is -0.0767. The smallest absolute Gasteiger partial charge is 0.134 e. The number of rotatable bonds is 4. The highest BCUT2D eigenvalue weighted by molar-refractivity contribution is 9.10. The van der Waals surface area contributed by atoms with Crippen LogP contribution >= 0.6 is 15.9 Å². The van der Waals surface area contributed by atoms with Gasteiger partial charge in [-0.3, -0.25) is 0 Å². The van der Waals surface area contributed by atoms with Crippen molar-refractivity contribution < 1.29 is 9.26 Å². The SMILES string of the molecule is Cc1cc(COc2cc(Br)ccc2[C@@H](C)N)no1. The second kappa shape index (κ2) is 5.54. The number of hydrogen-bond donors (Lipinski definition) is 1. The van der Waals surface area contributed by atoms with Crippen molar-refractivity contribution in [3.63, 3.8) is 0 Å². The fourth-order valence-electron chi connectivity index (χ4n) is 1.65. The van der Waals surface area contributed by atoms with Crippen molar-refractivity contribution in [1.82, 2.24) is 5.16 Å². The van der Waals surface area contributed by atoms with Crippen LogP contribution in [0, 0.1) is 6.92 Å². The Morgan fingerprint density at radius 1 is 1.44 bits per heavy atom. The Hall–Kier alpha value is -1.33. The molecule has 0 bridgehead atoms. The van der Waals surface area contributed by atoms with Crippen LogP contribution in [0.3, 0.4) is 0 Å². The maximum atomic E-state index is 5.91. The van der Waals surface area contributed by atoms with E-state index in [9.17, 15) is 0 Å². The van der Waals surface area contributed by atoms with E-state index in [1.54, 1.807) is 0 Å². The second-order valence-corrected chi connectivity index (χ2v) is 5.10. The van der Waals surface area contributed by atoms with Crippen LogP contribution in [0.5, 0.6) is 5.75 Å². The Labute approximate surface area is 114 Å². The van der Waals surface area contributed by atoms with Crippen LogP contribution in [0.4, 0.5) is 0 Å². The predicted octanol–water partition coefficient (Wildman–Crippen LogP) is 3.34. The third kappa shape index (κ3) is 3.11. The molecule has 1 atom stereocenters. The van der Waals surface area contributed by atoms with Gasteiger partial charge in [0, 0.05) is 22.1 Å². The molecule has 0 saturated carbocycles. The highest BCUT2D eigenvalue weighted by Gasteiger charge is 2.10. The van der Waals surface area contributed by atoms with Gasteiger partial charge in [-0.15, -0.1) is 0 Å². The van der Waals surface area contributed by atoms with E-state index in [4.69, 9.17) is 15.0 Å². The molecule has 0 spiro atoms. The molecule has 0 radical (unpaired) electrons. The molecule has 1 aromatic carbocycles. The average Bonchev–Trinajstić information content (AvgIpc) is 2.72. The van der Waals surface area contributed by atoms with Crippen LogP contribution in [-0.4, -0.2) is 5.16 Å². The molecule has 0 unspecified atom stereocenters. The number of aromatic nitrogens is 1. The normalized spacial score (nSPS) is 12.4. The summed E-state index contributed by atoms with van der Waals surface area (Å²) in [5, 5.41) is 3.88. The molecule has 0 saturated heterocycles. The number of aryl methyl sites for hydroxylation is 1. The molecular formula is C13H15BrN2O2. The molecule has 0 aliphatic heterocycles. The third-order valence-corrected chi connectivity index (χ3v) is 3.01. The van der Waals surface area contributed by atoms with Gasteiger partial charge in [-0.25, -0.2) is 0 Å². The lowest BCUT2D eigenvalue weighted by Gasteiger charge is -2.13. The van der Waals surface area contributed by atoms with Crippen LogP contribution in [0.1, 0.15) is 30.0 Å². The summed E-state index contributed by atoms with van der Waals surface area (Å²) in [5.74, 6) is 1.54. The van der Waals surface area contributed by atoms with Crippen LogP contribution in [0.25, 0.3) is 0 Å². The first-order valence-corrected chi connectivity index (χ1v) is 6.45. The van der Waals surface area contributed by atoms with Gasteiger partial charge in [-0.05, 0) is 26.0 Å². The summed E-state index contributed by atoms with van der Waals surface area (Å²) < 4.78 is 11.7. The molecule has 2 N–H and O–H groups in total. The lowest BCUT2D eigenvalue weighted by atomic mass is 10.1. The first-order chi connectivity index (χ1) is 8.56. The summed E-state index contributed by atoms with van der Waals surface area (Å²) in [5.41, 5.74) is 7.65. The van der Waals surface area contributed by atoms with Gasteiger partial charge < -0.3 is 15.0 Å². The number of nitrogens with zero attached hydrogens (tertiary/aromatic N) is 1. The molecule has 1 aromatic heterocycles. The standard InChI is InChI=1S/C13H15BrN2O2/c1-8-5-11(16-18-8)7-17-13-6-10(14)3-4-12(13)9(2)15/h3-6,9H,7,15H2,1-2H3/t9-/m1/s1. The van der Waals surface area contributed by atoms with E-state index in [2.05, 4.69) is 21.1 Å². The van der Waals surface area contributed by atoms with Crippen molar-refractivity contribution in [2.24, 2.45) is 5.73 Å². The van der Waals surface area contributed by atoms with Gasteiger partial charge >= 0.3 is 0 Å². The van der Waals surface area contributed by atoms with Gasteiger partial charge in [0.2, 0.25) is 0 Å². The minimum absolute atomic E-state index is 0.0767. The number of benzene rings is 1. The van der Waals surface area contributed by atoms with Crippen molar-refractivity contribution in [3.8, 4) is 5.75 Å². The van der Waals surface area contributed by atoms with Crippen molar-refractivity contribution in [2.45, 2.75) is 26.5 Å². The molecular weight excluding hydrogens is 296 g/mol. The van der Waals surface area contributed by atoms with Crippen molar-refractivity contribution in [3.05, 3.63) is 45.8 Å². The van der Waals surface area contributed by atoms with Crippen LogP contribution in [-0.2, 0) is 6.61 Å². The van der Waals surface area contributed by atoms with Gasteiger partial charge in [0.25, 0.3) is 0 Å². The minimum Gasteiger partial charge on any atom is -0.487 e. The molecule has 96 valence electrons. The predicted molar refractivity (Wildman–Crippen MR) is 72.3 cm³/mol. The zero-order valence-corrected chi connectivity index (χ0v) is 11.9. The van der Waals surface area contributed by atoms with E-state index >= 15 is 0 Å². The maximum absolute atomic E-state index is 5.91. The van der Waals surface area contributed by atoms with Gasteiger partial charge in [0.15, 0.2) is 0 Å². The topological polar surface area (TPSA) is 61.3 Å². The largest absolute Gasteiger partial charge is 0.487 e.